The summed E-state index contributed by atoms with van der Waals surface area (Å²) in [5.41, 5.74) is 3.74. The predicted octanol–water partition coefficient (Wildman–Crippen LogP) is 3.23. The fourth-order valence-electron chi connectivity index (χ4n) is 3.47. The Morgan fingerprint density at radius 3 is 2.42 bits per heavy atom. The first-order valence-corrected chi connectivity index (χ1v) is 10.8. The zero-order valence-electron chi connectivity index (χ0n) is 18.6. The molecule has 1 aliphatic heterocycles. The van der Waals surface area contributed by atoms with Gasteiger partial charge in [-0.15, -0.1) is 0 Å². The lowest BCUT2D eigenvalue weighted by atomic mass is 10.1. The third kappa shape index (κ3) is 7.38. The minimum atomic E-state index is -0.218. The van der Waals surface area contributed by atoms with E-state index < -0.39 is 0 Å². The Morgan fingerprint density at radius 2 is 1.77 bits per heavy atom. The first kappa shape index (κ1) is 22.8. The number of rotatable bonds is 7. The lowest BCUT2D eigenvalue weighted by molar-refractivity contribution is 0.0394. The Balaban J connectivity index is 1.70. The Morgan fingerprint density at radius 1 is 1.10 bits per heavy atom. The summed E-state index contributed by atoms with van der Waals surface area (Å²) >= 11 is 0. The molecule has 0 bridgehead atoms. The number of benzene rings is 2. The molecule has 1 amide bonds. The number of anilines is 1. The van der Waals surface area contributed by atoms with E-state index in [0.717, 1.165) is 55.4 Å². The van der Waals surface area contributed by atoms with Gasteiger partial charge in [0, 0.05) is 30.9 Å². The van der Waals surface area contributed by atoms with E-state index in [1.54, 1.807) is 24.3 Å². The molecule has 2 aromatic rings. The van der Waals surface area contributed by atoms with Gasteiger partial charge in [-0.2, -0.15) is 0 Å². The van der Waals surface area contributed by atoms with Crippen LogP contribution in [0.1, 0.15) is 28.4 Å². The number of morpholine rings is 1. The van der Waals surface area contributed by atoms with Crippen LogP contribution in [0.4, 0.5) is 5.69 Å². The predicted molar refractivity (Wildman–Crippen MR) is 124 cm³/mol. The van der Waals surface area contributed by atoms with Crippen LogP contribution in [0.3, 0.4) is 0 Å². The molecule has 0 saturated carbocycles. The van der Waals surface area contributed by atoms with Gasteiger partial charge in [0.1, 0.15) is 5.75 Å². The van der Waals surface area contributed by atoms with Gasteiger partial charge in [0.15, 0.2) is 0 Å². The second kappa shape index (κ2) is 11.5. The van der Waals surface area contributed by atoms with Crippen LogP contribution in [0.5, 0.6) is 5.75 Å². The van der Waals surface area contributed by atoms with E-state index in [9.17, 15) is 4.79 Å². The molecule has 0 radical (unpaired) electrons. The topological polar surface area (TPSA) is 75.2 Å². The number of ether oxygens (including phenoxy) is 2. The molecule has 1 fully saturated rings. The summed E-state index contributed by atoms with van der Waals surface area (Å²) in [4.78, 5) is 19.8. The average Bonchev–Trinajstić information content (AvgIpc) is 2.74. The molecule has 1 aliphatic rings. The van der Waals surface area contributed by atoms with Crippen molar-refractivity contribution in [3.05, 3.63) is 59.2 Å². The van der Waals surface area contributed by atoms with Crippen LogP contribution in [-0.2, 0) is 4.74 Å². The molecule has 7 nitrogen and oxygen atoms in total. The largest absolute Gasteiger partial charge is 0.494 e. The van der Waals surface area contributed by atoms with Crippen molar-refractivity contribution in [3.8, 4) is 5.75 Å². The number of guanidine groups is 1. The molecule has 1 saturated heterocycles. The van der Waals surface area contributed by atoms with E-state index in [2.05, 4.69) is 26.6 Å². The number of hydrogen-bond donors (Lipinski definition) is 2. The van der Waals surface area contributed by atoms with Crippen molar-refractivity contribution in [1.82, 2.24) is 10.2 Å². The van der Waals surface area contributed by atoms with Crippen molar-refractivity contribution >= 4 is 17.6 Å². The molecule has 2 N–H and O–H groups in total. The smallest absolute Gasteiger partial charge is 0.257 e. The van der Waals surface area contributed by atoms with Crippen LogP contribution >= 0.6 is 0 Å². The number of carbonyl (C=O) groups is 1. The number of aliphatic imine (C=N–C) groups is 1. The molecular formula is C24H32N4O3. The summed E-state index contributed by atoms with van der Waals surface area (Å²) in [6, 6.07) is 13.3. The van der Waals surface area contributed by atoms with Crippen LogP contribution in [0.2, 0.25) is 0 Å². The molecule has 1 heterocycles. The van der Waals surface area contributed by atoms with Crippen LogP contribution in [0.25, 0.3) is 0 Å². The number of aryl methyl sites for hydroxylation is 2. The lowest BCUT2D eigenvalue weighted by Crippen LogP contribution is -2.39. The second-order valence-corrected chi connectivity index (χ2v) is 7.60. The van der Waals surface area contributed by atoms with Crippen molar-refractivity contribution in [1.29, 1.82) is 0 Å². The zero-order valence-corrected chi connectivity index (χ0v) is 18.6. The van der Waals surface area contributed by atoms with Crippen LogP contribution < -0.4 is 15.4 Å². The van der Waals surface area contributed by atoms with Crippen molar-refractivity contribution in [2.24, 2.45) is 4.99 Å². The summed E-state index contributed by atoms with van der Waals surface area (Å²) in [6.07, 6.45) is 0. The molecule has 0 aliphatic carbocycles. The number of nitrogens with zero attached hydrogens (tertiary/aromatic N) is 2. The van der Waals surface area contributed by atoms with Gasteiger partial charge in [-0.1, -0.05) is 6.07 Å². The Kier molecular flexibility index (Phi) is 8.44. The minimum absolute atomic E-state index is 0.218. The summed E-state index contributed by atoms with van der Waals surface area (Å²) in [6.45, 7) is 11.3. The van der Waals surface area contributed by atoms with E-state index in [4.69, 9.17) is 9.47 Å². The maximum absolute atomic E-state index is 12.8. The van der Waals surface area contributed by atoms with E-state index in [1.165, 1.54) is 0 Å². The Bertz CT molecular complexity index is 870. The van der Waals surface area contributed by atoms with Gasteiger partial charge in [0.05, 0.1) is 26.4 Å². The molecular weight excluding hydrogens is 392 g/mol. The summed E-state index contributed by atoms with van der Waals surface area (Å²) in [5, 5.41) is 6.21. The van der Waals surface area contributed by atoms with Gasteiger partial charge in [0.25, 0.3) is 5.91 Å². The van der Waals surface area contributed by atoms with Crippen LogP contribution in [0.15, 0.2) is 47.5 Å². The van der Waals surface area contributed by atoms with Gasteiger partial charge in [0.2, 0.25) is 5.96 Å². The van der Waals surface area contributed by atoms with Crippen molar-refractivity contribution < 1.29 is 14.3 Å². The highest BCUT2D eigenvalue weighted by Crippen LogP contribution is 2.14. The van der Waals surface area contributed by atoms with Gasteiger partial charge >= 0.3 is 0 Å². The maximum Gasteiger partial charge on any atom is 0.257 e. The number of carbonyl (C=O) groups excluding carboxylic acids is 1. The second-order valence-electron chi connectivity index (χ2n) is 7.60. The molecule has 0 spiro atoms. The average molecular weight is 425 g/mol. The van der Waals surface area contributed by atoms with Crippen molar-refractivity contribution in [2.45, 2.75) is 20.8 Å². The maximum atomic E-state index is 12.8. The van der Waals surface area contributed by atoms with E-state index >= 15 is 0 Å². The fraction of sp³-hybridized carbons (Fsp3) is 0.417. The highest BCUT2D eigenvalue weighted by molar-refractivity contribution is 6.10. The van der Waals surface area contributed by atoms with E-state index in [1.807, 2.05) is 32.9 Å². The molecule has 0 aromatic heterocycles. The van der Waals surface area contributed by atoms with Crippen LogP contribution in [0, 0.1) is 13.8 Å². The summed E-state index contributed by atoms with van der Waals surface area (Å²) in [5.74, 6) is 0.967. The quantitative estimate of drug-likeness (QED) is 0.527. The normalized spacial score (nSPS) is 14.9. The van der Waals surface area contributed by atoms with Gasteiger partial charge in [-0.3, -0.25) is 20.0 Å². The SMILES string of the molecule is CCOc1ccc(C(=O)NC(=NCCN2CCOCC2)Nc2cc(C)cc(C)c2)cc1. The first-order valence-electron chi connectivity index (χ1n) is 10.8. The third-order valence-electron chi connectivity index (χ3n) is 4.93. The Hall–Kier alpha value is -2.90. The Labute approximate surface area is 184 Å². The van der Waals surface area contributed by atoms with Crippen LogP contribution in [-0.4, -0.2) is 62.8 Å². The summed E-state index contributed by atoms with van der Waals surface area (Å²) in [7, 11) is 0. The fourth-order valence-corrected chi connectivity index (χ4v) is 3.47. The summed E-state index contributed by atoms with van der Waals surface area (Å²) < 4.78 is 10.9. The molecule has 2 aromatic carbocycles. The molecule has 0 atom stereocenters. The molecule has 3 rings (SSSR count). The van der Waals surface area contributed by atoms with Gasteiger partial charge in [-0.05, 0) is 68.3 Å². The monoisotopic (exact) mass is 424 g/mol. The van der Waals surface area contributed by atoms with Crippen molar-refractivity contribution in [3.63, 3.8) is 0 Å². The van der Waals surface area contributed by atoms with E-state index in [0.29, 0.717) is 24.7 Å². The van der Waals surface area contributed by atoms with E-state index in [-0.39, 0.29) is 5.91 Å². The first-order chi connectivity index (χ1) is 15.0. The van der Waals surface area contributed by atoms with Gasteiger partial charge < -0.3 is 14.8 Å². The van der Waals surface area contributed by atoms with Gasteiger partial charge in [-0.25, -0.2) is 0 Å². The zero-order chi connectivity index (χ0) is 22.1. The number of nitrogens with one attached hydrogen (secondary N) is 2. The molecule has 0 unspecified atom stereocenters. The molecule has 31 heavy (non-hydrogen) atoms. The molecule has 7 heteroatoms. The molecule has 166 valence electrons. The number of amides is 1. The highest BCUT2D eigenvalue weighted by Gasteiger charge is 2.12. The minimum Gasteiger partial charge on any atom is -0.494 e. The highest BCUT2D eigenvalue weighted by atomic mass is 16.5. The van der Waals surface area contributed by atoms with Crippen molar-refractivity contribution in [2.75, 3.05) is 51.3 Å². The third-order valence-corrected chi connectivity index (χ3v) is 4.93. The standard InChI is InChI=1S/C24H32N4O3/c1-4-31-22-7-5-20(6-8-22)23(29)27-24(25-9-10-28-11-13-30-14-12-28)26-21-16-18(2)15-19(3)17-21/h5-8,15-17H,4,9-14H2,1-3H3,(H2,25,26,27,29). The number of hydrogen-bond acceptors (Lipinski definition) is 5. The lowest BCUT2D eigenvalue weighted by Gasteiger charge is -2.25.